The Kier molecular flexibility index (Phi) is 7.43. The van der Waals surface area contributed by atoms with Crippen molar-refractivity contribution < 1.29 is 18.7 Å². The molecule has 0 unspecified atom stereocenters. The largest absolute Gasteiger partial charge is 0.455 e. The van der Waals surface area contributed by atoms with Crippen LogP contribution in [0.4, 0.5) is 5.69 Å². The molecule has 0 N–H and O–H groups in total. The van der Waals surface area contributed by atoms with E-state index in [4.69, 9.17) is 25.5 Å². The molecule has 7 nitrogen and oxygen atoms in total. The minimum atomic E-state index is -0.0783. The Hall–Kier alpha value is -3.94. The number of hydrogen-bond donors (Lipinski definition) is 0. The Morgan fingerprint density at radius 2 is 1.51 bits per heavy atom. The molecule has 0 spiro atoms. The van der Waals surface area contributed by atoms with E-state index in [-0.39, 0.29) is 12.7 Å². The summed E-state index contributed by atoms with van der Waals surface area (Å²) in [6.45, 7) is 4.94. The molecular weight excluding hydrogens is 514 g/mol. The van der Waals surface area contributed by atoms with E-state index in [1.807, 2.05) is 65.6 Å². The van der Waals surface area contributed by atoms with E-state index < -0.39 is 0 Å². The van der Waals surface area contributed by atoms with E-state index in [2.05, 4.69) is 28.0 Å². The third-order valence-electron chi connectivity index (χ3n) is 7.10. The topological polar surface area (TPSA) is 58.4 Å². The van der Waals surface area contributed by atoms with Gasteiger partial charge in [-0.1, -0.05) is 60.1 Å². The molecule has 6 rings (SSSR count). The maximum atomic E-state index is 13.2. The number of benzene rings is 3. The Morgan fingerprint density at radius 1 is 0.769 bits per heavy atom. The molecule has 1 aromatic heterocycles. The molecule has 3 heterocycles. The van der Waals surface area contributed by atoms with Gasteiger partial charge in [-0.25, -0.2) is 0 Å². The number of para-hydroxylation sites is 1. The first-order valence-electron chi connectivity index (χ1n) is 13.1. The lowest BCUT2D eigenvalue weighted by atomic mass is 10.1. The summed E-state index contributed by atoms with van der Waals surface area (Å²) in [7, 11) is 0. The van der Waals surface area contributed by atoms with Crippen LogP contribution in [0.3, 0.4) is 0 Å². The summed E-state index contributed by atoms with van der Waals surface area (Å²) in [6.07, 6.45) is 0. The number of ether oxygens (including phenoxy) is 2. The van der Waals surface area contributed by atoms with Gasteiger partial charge in [0.2, 0.25) is 6.79 Å². The van der Waals surface area contributed by atoms with E-state index in [1.165, 1.54) is 5.56 Å². The third kappa shape index (κ3) is 5.90. The van der Waals surface area contributed by atoms with Crippen molar-refractivity contribution in [2.45, 2.75) is 19.6 Å². The van der Waals surface area contributed by atoms with Crippen molar-refractivity contribution in [2.24, 2.45) is 0 Å². The van der Waals surface area contributed by atoms with Gasteiger partial charge in [0.05, 0.1) is 17.3 Å². The molecule has 0 atom stereocenters. The first kappa shape index (κ1) is 25.3. The standard InChI is InChI=1S/C31H30ClN3O4/c32-26-8-4-5-9-27(26)34-14-16-35(17-15-34)31(36)29-13-11-25(39-29)21-33(19-23-6-2-1-3-7-23)20-24-10-12-28-30(18-24)38-22-37-28/h1-13,18H,14-17,19-22H2. The van der Waals surface area contributed by atoms with Gasteiger partial charge in [0.15, 0.2) is 17.3 Å². The van der Waals surface area contributed by atoms with Gasteiger partial charge in [-0.15, -0.1) is 0 Å². The number of rotatable bonds is 8. The van der Waals surface area contributed by atoms with Gasteiger partial charge >= 0.3 is 0 Å². The fourth-order valence-electron chi connectivity index (χ4n) is 5.12. The molecule has 4 aromatic rings. The number of hydrogen-bond acceptors (Lipinski definition) is 6. The fourth-order valence-corrected chi connectivity index (χ4v) is 5.37. The summed E-state index contributed by atoms with van der Waals surface area (Å²) in [4.78, 5) is 19.6. The highest BCUT2D eigenvalue weighted by molar-refractivity contribution is 6.33. The Bertz CT molecular complexity index is 1430. The minimum Gasteiger partial charge on any atom is -0.455 e. The summed E-state index contributed by atoms with van der Waals surface area (Å²) in [6, 6.07) is 27.9. The molecule has 1 saturated heterocycles. The normalized spacial score (nSPS) is 14.7. The Morgan fingerprint density at radius 3 is 2.33 bits per heavy atom. The second-order valence-electron chi connectivity index (χ2n) is 9.81. The predicted octanol–water partition coefficient (Wildman–Crippen LogP) is 5.83. The first-order chi connectivity index (χ1) is 19.1. The molecule has 3 aromatic carbocycles. The number of carbonyl (C=O) groups excluding carboxylic acids is 1. The van der Waals surface area contributed by atoms with Crippen molar-refractivity contribution in [1.82, 2.24) is 9.80 Å². The SMILES string of the molecule is O=C(c1ccc(CN(Cc2ccccc2)Cc2ccc3c(c2)OCO3)o1)N1CCN(c2ccccc2Cl)CC1. The zero-order chi connectivity index (χ0) is 26.6. The molecule has 0 bridgehead atoms. The number of amides is 1. The number of fused-ring (bicyclic) bond motifs is 1. The van der Waals surface area contributed by atoms with Crippen LogP contribution in [0, 0.1) is 0 Å². The van der Waals surface area contributed by atoms with Gasteiger partial charge in [-0.2, -0.15) is 0 Å². The van der Waals surface area contributed by atoms with Crippen LogP contribution in [-0.4, -0.2) is 48.7 Å². The number of halogens is 1. The lowest BCUT2D eigenvalue weighted by Gasteiger charge is -2.36. The van der Waals surface area contributed by atoms with Crippen LogP contribution in [0.2, 0.25) is 5.02 Å². The summed E-state index contributed by atoms with van der Waals surface area (Å²) in [5.74, 6) is 2.59. The number of carbonyl (C=O) groups is 1. The van der Waals surface area contributed by atoms with Crippen molar-refractivity contribution in [1.29, 1.82) is 0 Å². The van der Waals surface area contributed by atoms with Gasteiger partial charge in [0.1, 0.15) is 5.76 Å². The molecule has 1 amide bonds. The molecular formula is C31H30ClN3O4. The maximum absolute atomic E-state index is 13.2. The molecule has 1 fully saturated rings. The predicted molar refractivity (Wildman–Crippen MR) is 150 cm³/mol. The third-order valence-corrected chi connectivity index (χ3v) is 7.42. The van der Waals surface area contributed by atoms with Gasteiger partial charge in [0.25, 0.3) is 5.91 Å². The van der Waals surface area contributed by atoms with Gasteiger partial charge in [-0.05, 0) is 47.5 Å². The average molecular weight is 544 g/mol. The first-order valence-corrected chi connectivity index (χ1v) is 13.5. The smallest absolute Gasteiger partial charge is 0.289 e. The average Bonchev–Trinajstić information content (AvgIpc) is 3.63. The van der Waals surface area contributed by atoms with Gasteiger partial charge in [0, 0.05) is 39.3 Å². The van der Waals surface area contributed by atoms with Crippen molar-refractivity contribution in [3.63, 3.8) is 0 Å². The van der Waals surface area contributed by atoms with Crippen molar-refractivity contribution in [3.8, 4) is 11.5 Å². The minimum absolute atomic E-state index is 0.0783. The van der Waals surface area contributed by atoms with Gasteiger partial charge in [-0.3, -0.25) is 9.69 Å². The second-order valence-corrected chi connectivity index (χ2v) is 10.2. The maximum Gasteiger partial charge on any atom is 0.289 e. The summed E-state index contributed by atoms with van der Waals surface area (Å²) >= 11 is 6.37. The van der Waals surface area contributed by atoms with E-state index in [9.17, 15) is 4.79 Å². The van der Waals surface area contributed by atoms with Crippen LogP contribution in [0.25, 0.3) is 0 Å². The highest BCUT2D eigenvalue weighted by Crippen LogP contribution is 2.33. The van der Waals surface area contributed by atoms with Crippen LogP contribution in [-0.2, 0) is 19.6 Å². The Balaban J connectivity index is 1.12. The summed E-state index contributed by atoms with van der Waals surface area (Å²) < 4.78 is 17.1. The molecule has 2 aliphatic rings. The lowest BCUT2D eigenvalue weighted by Crippen LogP contribution is -2.48. The molecule has 2 aliphatic heterocycles. The molecule has 8 heteroatoms. The van der Waals surface area contributed by atoms with E-state index in [0.29, 0.717) is 31.9 Å². The van der Waals surface area contributed by atoms with Crippen LogP contribution < -0.4 is 14.4 Å². The summed E-state index contributed by atoms with van der Waals surface area (Å²) in [5, 5.41) is 0.730. The molecule has 0 aliphatic carbocycles. The van der Waals surface area contributed by atoms with Crippen molar-refractivity contribution in [3.05, 3.63) is 113 Å². The molecule has 39 heavy (non-hydrogen) atoms. The van der Waals surface area contributed by atoms with E-state index in [0.717, 1.165) is 53.2 Å². The molecule has 200 valence electrons. The number of anilines is 1. The van der Waals surface area contributed by atoms with E-state index in [1.54, 1.807) is 6.07 Å². The molecule has 0 radical (unpaired) electrons. The van der Waals surface area contributed by atoms with Crippen LogP contribution >= 0.6 is 11.6 Å². The summed E-state index contributed by atoms with van der Waals surface area (Å²) in [5.41, 5.74) is 3.33. The number of piperazine rings is 1. The zero-order valence-corrected chi connectivity index (χ0v) is 22.3. The monoisotopic (exact) mass is 543 g/mol. The zero-order valence-electron chi connectivity index (χ0n) is 21.6. The highest BCUT2D eigenvalue weighted by Gasteiger charge is 2.25. The van der Waals surface area contributed by atoms with Crippen LogP contribution in [0.5, 0.6) is 11.5 Å². The van der Waals surface area contributed by atoms with Crippen molar-refractivity contribution in [2.75, 3.05) is 37.9 Å². The molecule has 0 saturated carbocycles. The Labute approximate surface area is 233 Å². The van der Waals surface area contributed by atoms with Crippen LogP contribution in [0.15, 0.2) is 89.3 Å². The van der Waals surface area contributed by atoms with E-state index >= 15 is 0 Å². The fraction of sp³-hybridized carbons (Fsp3) is 0.258. The van der Waals surface area contributed by atoms with Crippen LogP contribution in [0.1, 0.15) is 27.4 Å². The lowest BCUT2D eigenvalue weighted by molar-refractivity contribution is 0.0710. The quantitative estimate of drug-likeness (QED) is 0.279. The van der Waals surface area contributed by atoms with Gasteiger partial charge < -0.3 is 23.7 Å². The second kappa shape index (κ2) is 11.4. The number of nitrogens with zero attached hydrogens (tertiary/aromatic N) is 3. The van der Waals surface area contributed by atoms with Crippen molar-refractivity contribution >= 4 is 23.2 Å². The number of furan rings is 1. The highest BCUT2D eigenvalue weighted by atomic mass is 35.5.